The summed E-state index contributed by atoms with van der Waals surface area (Å²) in [7, 11) is -3.98. The molecule has 1 aromatic carbocycles. The number of hydrogen-bond donors (Lipinski definition) is 3. The molecular weight excluding hydrogens is 550 g/mol. The number of sulfonamides is 1. The Hall–Kier alpha value is -3.81. The molecule has 5 rings (SSSR count). The first-order chi connectivity index (χ1) is 19.2. The summed E-state index contributed by atoms with van der Waals surface area (Å²) in [6.07, 6.45) is 5.18. The highest BCUT2D eigenvalue weighted by Gasteiger charge is 2.20. The molecule has 0 aliphatic carbocycles. The van der Waals surface area contributed by atoms with E-state index < -0.39 is 16.1 Å². The highest BCUT2D eigenvalue weighted by molar-refractivity contribution is 7.92. The van der Waals surface area contributed by atoms with Crippen molar-refractivity contribution >= 4 is 49.7 Å². The molecule has 1 saturated heterocycles. The van der Waals surface area contributed by atoms with Gasteiger partial charge in [0.15, 0.2) is 0 Å². The lowest BCUT2D eigenvalue weighted by atomic mass is 10.1. The van der Waals surface area contributed by atoms with Crippen molar-refractivity contribution in [1.29, 1.82) is 0 Å². The van der Waals surface area contributed by atoms with E-state index in [1.54, 1.807) is 32.0 Å². The monoisotopic (exact) mass is 581 g/mol. The van der Waals surface area contributed by atoms with Crippen molar-refractivity contribution in [2.75, 3.05) is 36.8 Å². The average Bonchev–Trinajstić information content (AvgIpc) is 3.37. The molecule has 0 radical (unpaired) electrons. The summed E-state index contributed by atoms with van der Waals surface area (Å²) in [5, 5.41) is 6.35. The Morgan fingerprint density at radius 2 is 1.80 bits per heavy atom. The van der Waals surface area contributed by atoms with E-state index in [0.717, 1.165) is 48.1 Å². The lowest BCUT2D eigenvalue weighted by molar-refractivity contribution is 0.237. The van der Waals surface area contributed by atoms with Crippen LogP contribution in [-0.2, 0) is 10.0 Å². The predicted octanol–water partition coefficient (Wildman–Crippen LogP) is 3.87. The van der Waals surface area contributed by atoms with Gasteiger partial charge in [-0.15, -0.1) is 11.3 Å². The van der Waals surface area contributed by atoms with E-state index in [9.17, 15) is 18.0 Å². The summed E-state index contributed by atoms with van der Waals surface area (Å²) in [6, 6.07) is 10.8. The van der Waals surface area contributed by atoms with Gasteiger partial charge >= 0.3 is 6.03 Å². The molecule has 13 heteroatoms. The maximum Gasteiger partial charge on any atom is 0.333 e. The summed E-state index contributed by atoms with van der Waals surface area (Å²) < 4.78 is 28.2. The Morgan fingerprint density at radius 3 is 2.50 bits per heavy atom. The van der Waals surface area contributed by atoms with Crippen molar-refractivity contribution < 1.29 is 13.2 Å². The number of aromatic nitrogens is 3. The fourth-order valence-corrected chi connectivity index (χ4v) is 6.89. The van der Waals surface area contributed by atoms with Crippen LogP contribution in [0.5, 0.6) is 0 Å². The number of nitrogens with one attached hydrogen (secondary N) is 3. The molecule has 0 atom stereocenters. The van der Waals surface area contributed by atoms with E-state index in [0.29, 0.717) is 22.5 Å². The minimum atomic E-state index is -3.98. The molecule has 1 aliphatic rings. The Labute approximate surface area is 236 Å². The van der Waals surface area contributed by atoms with Crippen LogP contribution < -0.4 is 20.9 Å². The molecule has 210 valence electrons. The number of amides is 2. The maximum atomic E-state index is 13.3. The standard InChI is InChI=1S/C27H31N7O4S2/c1-18-6-11-25(39-18)40(37,38)32-27(36)31-21-8-10-24(29-17-21)34-19(2)30-23-16-20(7-9-22(23)26(34)35)28-12-15-33-13-4-3-5-14-33/h6-11,16-17,28H,3-5,12-15H2,1-2H3,(H2,31,32,36). The van der Waals surface area contributed by atoms with Crippen LogP contribution in [0, 0.1) is 13.8 Å². The largest absolute Gasteiger partial charge is 0.384 e. The van der Waals surface area contributed by atoms with Gasteiger partial charge in [-0.25, -0.2) is 32.5 Å². The molecule has 0 spiro atoms. The minimum absolute atomic E-state index is 0.0487. The average molecular weight is 582 g/mol. The molecule has 40 heavy (non-hydrogen) atoms. The second-order valence-corrected chi connectivity index (χ2v) is 12.9. The van der Waals surface area contributed by atoms with Crippen LogP contribution >= 0.6 is 11.3 Å². The van der Waals surface area contributed by atoms with Gasteiger partial charge in [0, 0.05) is 23.7 Å². The van der Waals surface area contributed by atoms with E-state index in [2.05, 4.69) is 25.5 Å². The van der Waals surface area contributed by atoms with Crippen molar-refractivity contribution in [3.63, 3.8) is 0 Å². The van der Waals surface area contributed by atoms with Crippen LogP contribution in [0.1, 0.15) is 30.0 Å². The van der Waals surface area contributed by atoms with E-state index in [1.165, 1.54) is 42.2 Å². The highest BCUT2D eigenvalue weighted by atomic mass is 32.2. The molecule has 4 aromatic rings. The van der Waals surface area contributed by atoms with Crippen LogP contribution in [-0.4, -0.2) is 60.1 Å². The normalized spacial score (nSPS) is 14.2. The minimum Gasteiger partial charge on any atom is -0.384 e. The van der Waals surface area contributed by atoms with Gasteiger partial charge in [0.2, 0.25) is 0 Å². The number of pyridine rings is 1. The molecule has 3 N–H and O–H groups in total. The first-order valence-electron chi connectivity index (χ1n) is 13.1. The van der Waals surface area contributed by atoms with Crippen molar-refractivity contribution in [3.8, 4) is 5.82 Å². The Balaban J connectivity index is 1.26. The molecule has 4 heterocycles. The summed E-state index contributed by atoms with van der Waals surface area (Å²) >= 11 is 1.07. The maximum absolute atomic E-state index is 13.3. The third kappa shape index (κ3) is 6.32. The molecule has 11 nitrogen and oxygen atoms in total. The fourth-order valence-electron chi connectivity index (χ4n) is 4.70. The number of urea groups is 1. The van der Waals surface area contributed by atoms with Crippen molar-refractivity contribution in [1.82, 2.24) is 24.2 Å². The molecule has 0 unspecified atom stereocenters. The zero-order valence-electron chi connectivity index (χ0n) is 22.3. The molecule has 0 saturated carbocycles. The van der Waals surface area contributed by atoms with E-state index in [4.69, 9.17) is 0 Å². The smallest absolute Gasteiger partial charge is 0.333 e. The second kappa shape index (κ2) is 11.7. The summed E-state index contributed by atoms with van der Waals surface area (Å²) in [5.74, 6) is 0.791. The Bertz CT molecular complexity index is 1690. The Morgan fingerprint density at radius 1 is 1.02 bits per heavy atom. The number of aryl methyl sites for hydroxylation is 2. The summed E-state index contributed by atoms with van der Waals surface area (Å²) in [4.78, 5) is 37.9. The number of carbonyl (C=O) groups is 1. The van der Waals surface area contributed by atoms with Gasteiger partial charge in [-0.05, 0) is 82.2 Å². The quantitative estimate of drug-likeness (QED) is 0.285. The number of thiophene rings is 1. The van der Waals surface area contributed by atoms with Gasteiger partial charge in [0.05, 0.1) is 22.8 Å². The number of hydrogen-bond acceptors (Lipinski definition) is 9. The van der Waals surface area contributed by atoms with Gasteiger partial charge in [0.1, 0.15) is 15.9 Å². The third-order valence-electron chi connectivity index (χ3n) is 6.69. The molecule has 1 fully saturated rings. The molecule has 0 bridgehead atoms. The molecule has 3 aromatic heterocycles. The zero-order chi connectivity index (χ0) is 28.3. The second-order valence-electron chi connectivity index (χ2n) is 9.69. The Kier molecular flexibility index (Phi) is 8.14. The van der Waals surface area contributed by atoms with Gasteiger partial charge in [-0.2, -0.15) is 0 Å². The number of piperidine rings is 1. The van der Waals surface area contributed by atoms with Gasteiger partial charge in [-0.1, -0.05) is 6.42 Å². The number of fused-ring (bicyclic) bond motifs is 1. The molecule has 2 amide bonds. The van der Waals surface area contributed by atoms with Gasteiger partial charge < -0.3 is 15.5 Å². The number of anilines is 2. The van der Waals surface area contributed by atoms with Gasteiger partial charge in [0.25, 0.3) is 15.6 Å². The SMILES string of the molecule is Cc1ccc(S(=O)(=O)NC(=O)Nc2ccc(-n3c(C)nc4cc(NCCN5CCCCC5)ccc4c3=O)nc2)s1. The lowest BCUT2D eigenvalue weighted by Gasteiger charge is -2.26. The van der Waals surface area contributed by atoms with Crippen molar-refractivity contribution in [2.45, 2.75) is 37.3 Å². The van der Waals surface area contributed by atoms with Crippen LogP contribution in [0.15, 0.2) is 57.7 Å². The zero-order valence-corrected chi connectivity index (χ0v) is 23.9. The van der Waals surface area contributed by atoms with Crippen LogP contribution in [0.4, 0.5) is 16.2 Å². The first-order valence-corrected chi connectivity index (χ1v) is 15.4. The lowest BCUT2D eigenvalue weighted by Crippen LogP contribution is -2.34. The van der Waals surface area contributed by atoms with E-state index in [1.807, 2.05) is 16.9 Å². The third-order valence-corrected chi connectivity index (χ3v) is 9.51. The number of likely N-dealkylation sites (tertiary alicyclic amines) is 1. The number of rotatable bonds is 8. The highest BCUT2D eigenvalue weighted by Crippen LogP contribution is 2.21. The number of carbonyl (C=O) groups excluding carboxylic acids is 1. The van der Waals surface area contributed by atoms with Crippen LogP contribution in [0.2, 0.25) is 0 Å². The fraction of sp³-hybridized carbons (Fsp3) is 0.333. The van der Waals surface area contributed by atoms with E-state index in [-0.39, 0.29) is 15.5 Å². The first kappa shape index (κ1) is 27.7. The van der Waals surface area contributed by atoms with Crippen molar-refractivity contribution in [3.05, 3.63) is 69.7 Å². The van der Waals surface area contributed by atoms with Crippen molar-refractivity contribution in [2.24, 2.45) is 0 Å². The van der Waals surface area contributed by atoms with Crippen LogP contribution in [0.3, 0.4) is 0 Å². The topological polar surface area (TPSA) is 138 Å². The molecule has 1 aliphatic heterocycles. The van der Waals surface area contributed by atoms with Gasteiger partial charge in [-0.3, -0.25) is 4.79 Å². The number of nitrogens with zero attached hydrogens (tertiary/aromatic N) is 4. The van der Waals surface area contributed by atoms with E-state index >= 15 is 0 Å². The molecular formula is C27H31N7O4S2. The summed E-state index contributed by atoms with van der Waals surface area (Å²) in [5.41, 5.74) is 1.51. The predicted molar refractivity (Wildman–Crippen MR) is 157 cm³/mol. The van der Waals surface area contributed by atoms with Crippen LogP contribution in [0.25, 0.3) is 16.7 Å². The summed E-state index contributed by atoms with van der Waals surface area (Å²) in [6.45, 7) is 7.61. The number of benzene rings is 1.